The number of carbonyl (C=O) groups is 1. The van der Waals surface area contributed by atoms with Gasteiger partial charge in [0.1, 0.15) is 19.0 Å². The van der Waals surface area contributed by atoms with Crippen molar-refractivity contribution < 1.29 is 14.3 Å². The van der Waals surface area contributed by atoms with Crippen molar-refractivity contribution in [3.63, 3.8) is 0 Å². The van der Waals surface area contributed by atoms with E-state index in [9.17, 15) is 4.79 Å². The van der Waals surface area contributed by atoms with E-state index < -0.39 is 0 Å². The quantitative estimate of drug-likeness (QED) is 0.215. The summed E-state index contributed by atoms with van der Waals surface area (Å²) >= 11 is 0. The number of carbonyl (C=O) groups excluding carboxylic acids is 1. The van der Waals surface area contributed by atoms with Gasteiger partial charge in [-0.1, -0.05) is 62.7 Å². The fourth-order valence-corrected chi connectivity index (χ4v) is 3.29. The zero-order valence-corrected chi connectivity index (χ0v) is 19.4. The SMILES string of the molecule is C=C(CCCN(C)C)C(=O)OCCOc1ccc(-c2ccc(CCCCC)cc2)cc1. The Labute approximate surface area is 187 Å². The summed E-state index contributed by atoms with van der Waals surface area (Å²) in [7, 11) is 4.02. The summed E-state index contributed by atoms with van der Waals surface area (Å²) in [5.74, 6) is 0.427. The van der Waals surface area contributed by atoms with E-state index in [2.05, 4.69) is 54.8 Å². The van der Waals surface area contributed by atoms with Gasteiger partial charge in [0.25, 0.3) is 0 Å². The van der Waals surface area contributed by atoms with Crippen molar-refractivity contribution in [2.24, 2.45) is 0 Å². The summed E-state index contributed by atoms with van der Waals surface area (Å²) in [6, 6.07) is 16.8. The van der Waals surface area contributed by atoms with Crippen LogP contribution in [0.15, 0.2) is 60.7 Å². The molecule has 2 rings (SSSR count). The van der Waals surface area contributed by atoms with Gasteiger partial charge >= 0.3 is 5.97 Å². The van der Waals surface area contributed by atoms with Gasteiger partial charge in [-0.3, -0.25) is 0 Å². The fourth-order valence-electron chi connectivity index (χ4n) is 3.29. The van der Waals surface area contributed by atoms with Crippen LogP contribution in [-0.2, 0) is 16.0 Å². The third-order valence-corrected chi connectivity index (χ3v) is 5.17. The summed E-state index contributed by atoms with van der Waals surface area (Å²) in [5, 5.41) is 0. The predicted octanol–water partition coefficient (Wildman–Crippen LogP) is 5.91. The van der Waals surface area contributed by atoms with Gasteiger partial charge in [0, 0.05) is 5.57 Å². The average Bonchev–Trinajstić information content (AvgIpc) is 2.77. The Morgan fingerprint density at radius 2 is 1.55 bits per heavy atom. The minimum absolute atomic E-state index is 0.215. The maximum Gasteiger partial charge on any atom is 0.333 e. The number of esters is 1. The average molecular weight is 424 g/mol. The van der Waals surface area contributed by atoms with Crippen molar-refractivity contribution >= 4 is 5.97 Å². The Morgan fingerprint density at radius 3 is 2.16 bits per heavy atom. The first-order valence-corrected chi connectivity index (χ1v) is 11.3. The van der Waals surface area contributed by atoms with Gasteiger partial charge in [-0.25, -0.2) is 4.79 Å². The van der Waals surface area contributed by atoms with E-state index in [1.165, 1.54) is 30.4 Å². The lowest BCUT2D eigenvalue weighted by molar-refractivity contribution is -0.139. The molecule has 4 heteroatoms. The Morgan fingerprint density at radius 1 is 0.903 bits per heavy atom. The molecule has 0 heterocycles. The van der Waals surface area contributed by atoms with Crippen LogP contribution in [0.2, 0.25) is 0 Å². The largest absolute Gasteiger partial charge is 0.490 e. The van der Waals surface area contributed by atoms with Crippen molar-refractivity contribution in [2.45, 2.75) is 45.4 Å². The molecule has 4 nitrogen and oxygen atoms in total. The molecule has 168 valence electrons. The second kappa shape index (κ2) is 13.7. The van der Waals surface area contributed by atoms with Crippen molar-refractivity contribution in [3.05, 3.63) is 66.2 Å². The molecule has 0 spiro atoms. The van der Waals surface area contributed by atoms with Crippen LogP contribution in [0.3, 0.4) is 0 Å². The van der Waals surface area contributed by atoms with Crippen LogP contribution >= 0.6 is 0 Å². The van der Waals surface area contributed by atoms with Crippen molar-refractivity contribution in [2.75, 3.05) is 33.9 Å². The Kier molecular flexibility index (Phi) is 10.9. The molecule has 0 saturated carbocycles. The molecule has 0 aliphatic rings. The first-order valence-electron chi connectivity index (χ1n) is 11.3. The van der Waals surface area contributed by atoms with E-state index in [-0.39, 0.29) is 12.6 Å². The lowest BCUT2D eigenvalue weighted by Crippen LogP contribution is -2.16. The van der Waals surface area contributed by atoms with Gasteiger partial charge < -0.3 is 14.4 Å². The van der Waals surface area contributed by atoms with Crippen LogP contribution in [0.4, 0.5) is 0 Å². The van der Waals surface area contributed by atoms with Crippen molar-refractivity contribution in [1.82, 2.24) is 4.90 Å². The van der Waals surface area contributed by atoms with E-state index in [0.29, 0.717) is 18.6 Å². The number of aryl methyl sites for hydroxylation is 1. The number of hydrogen-bond donors (Lipinski definition) is 0. The molecule has 0 saturated heterocycles. The maximum atomic E-state index is 11.9. The van der Waals surface area contributed by atoms with Gasteiger partial charge in [-0.15, -0.1) is 0 Å². The summed E-state index contributed by atoms with van der Waals surface area (Å²) in [4.78, 5) is 14.0. The minimum Gasteiger partial charge on any atom is -0.490 e. The van der Waals surface area contributed by atoms with Crippen molar-refractivity contribution in [3.8, 4) is 16.9 Å². The molecule has 0 amide bonds. The highest BCUT2D eigenvalue weighted by molar-refractivity contribution is 5.87. The topological polar surface area (TPSA) is 38.8 Å². The molecule has 31 heavy (non-hydrogen) atoms. The lowest BCUT2D eigenvalue weighted by atomic mass is 10.0. The van der Waals surface area contributed by atoms with E-state index in [1.54, 1.807) is 0 Å². The molecule has 2 aromatic carbocycles. The summed E-state index contributed by atoms with van der Waals surface area (Å²) in [6.07, 6.45) is 6.48. The molecular formula is C27H37NO3. The molecule has 2 aromatic rings. The minimum atomic E-state index is -0.337. The highest BCUT2D eigenvalue weighted by Crippen LogP contribution is 2.23. The smallest absolute Gasteiger partial charge is 0.333 e. The van der Waals surface area contributed by atoms with Gasteiger partial charge in [0.2, 0.25) is 0 Å². The zero-order chi connectivity index (χ0) is 22.5. The van der Waals surface area contributed by atoms with Gasteiger partial charge in [0.15, 0.2) is 0 Å². The predicted molar refractivity (Wildman–Crippen MR) is 128 cm³/mol. The molecule has 0 aliphatic carbocycles. The molecule has 0 bridgehead atoms. The van der Waals surface area contributed by atoms with Crippen LogP contribution in [0.5, 0.6) is 5.75 Å². The summed E-state index contributed by atoms with van der Waals surface area (Å²) in [6.45, 7) is 7.51. The third kappa shape index (κ3) is 9.39. The molecule has 0 N–H and O–H groups in total. The maximum absolute atomic E-state index is 11.9. The Hall–Kier alpha value is -2.59. The van der Waals surface area contributed by atoms with Crippen LogP contribution in [0.25, 0.3) is 11.1 Å². The van der Waals surface area contributed by atoms with E-state index in [0.717, 1.165) is 30.7 Å². The second-order valence-electron chi connectivity index (χ2n) is 8.17. The fraction of sp³-hybridized carbons (Fsp3) is 0.444. The monoisotopic (exact) mass is 423 g/mol. The molecular weight excluding hydrogens is 386 g/mol. The van der Waals surface area contributed by atoms with Crippen molar-refractivity contribution in [1.29, 1.82) is 0 Å². The van der Waals surface area contributed by atoms with Crippen LogP contribution in [0, 0.1) is 0 Å². The van der Waals surface area contributed by atoms with Gasteiger partial charge in [-0.05, 0) is 75.1 Å². The number of hydrogen-bond acceptors (Lipinski definition) is 4. The van der Waals surface area contributed by atoms with Gasteiger partial charge in [0.05, 0.1) is 0 Å². The molecule has 0 aromatic heterocycles. The Balaban J connectivity index is 1.71. The molecule has 0 radical (unpaired) electrons. The normalized spacial score (nSPS) is 10.8. The molecule has 0 unspecified atom stereocenters. The van der Waals surface area contributed by atoms with Crippen LogP contribution < -0.4 is 4.74 Å². The van der Waals surface area contributed by atoms with E-state index in [4.69, 9.17) is 9.47 Å². The molecule has 0 fully saturated rings. The number of benzene rings is 2. The summed E-state index contributed by atoms with van der Waals surface area (Å²) < 4.78 is 10.9. The van der Waals surface area contributed by atoms with Crippen LogP contribution in [0.1, 0.15) is 44.6 Å². The standard InChI is InChI=1S/C27H37NO3/c1-5-6-7-10-23-11-13-24(14-12-23)25-15-17-26(18-16-25)30-20-21-31-27(29)22(2)9-8-19-28(3)4/h11-18H,2,5-10,19-21H2,1,3-4H3. The zero-order valence-electron chi connectivity index (χ0n) is 19.4. The first-order chi connectivity index (χ1) is 15.0. The first kappa shape index (κ1) is 24.7. The number of ether oxygens (including phenoxy) is 2. The van der Waals surface area contributed by atoms with Gasteiger partial charge in [-0.2, -0.15) is 0 Å². The third-order valence-electron chi connectivity index (χ3n) is 5.17. The van der Waals surface area contributed by atoms with E-state index in [1.807, 2.05) is 26.2 Å². The summed E-state index contributed by atoms with van der Waals surface area (Å²) in [5.41, 5.74) is 4.27. The molecule has 0 atom stereocenters. The van der Waals surface area contributed by atoms with E-state index >= 15 is 0 Å². The van der Waals surface area contributed by atoms with Crippen LogP contribution in [-0.4, -0.2) is 44.7 Å². The lowest BCUT2D eigenvalue weighted by Gasteiger charge is -2.11. The highest BCUT2D eigenvalue weighted by atomic mass is 16.6. The Bertz CT molecular complexity index is 794. The second-order valence-corrected chi connectivity index (χ2v) is 8.17. The highest BCUT2D eigenvalue weighted by Gasteiger charge is 2.08. The number of rotatable bonds is 14. The molecule has 0 aliphatic heterocycles. The number of nitrogens with zero attached hydrogens (tertiary/aromatic N) is 1. The number of unbranched alkanes of at least 4 members (excludes halogenated alkanes) is 2.